The van der Waals surface area contributed by atoms with Crippen LogP contribution in [0.15, 0.2) is 27.1 Å². The molecule has 5 nitrogen and oxygen atoms in total. The molecular weight excluding hydrogens is 392 g/mol. The quantitative estimate of drug-likeness (QED) is 0.776. The van der Waals surface area contributed by atoms with E-state index in [1.807, 2.05) is 26.0 Å². The van der Waals surface area contributed by atoms with Crippen molar-refractivity contribution in [3.8, 4) is 0 Å². The summed E-state index contributed by atoms with van der Waals surface area (Å²) in [6.07, 6.45) is -0.0781. The standard InChI is InChI=1S/C13H16Br2N2O3/c1-8(2)17(6-5-12(18)19)13(20)16-11-7-9(14)3-4-10(11)15/h3-4,7-8H,5-6H2,1-2H3,(H,16,20)(H,18,19). The molecule has 0 radical (unpaired) electrons. The molecule has 20 heavy (non-hydrogen) atoms. The van der Waals surface area contributed by atoms with Crippen molar-refractivity contribution >= 4 is 49.5 Å². The molecular formula is C13H16Br2N2O3. The van der Waals surface area contributed by atoms with Gasteiger partial charge in [0.25, 0.3) is 0 Å². The van der Waals surface area contributed by atoms with Gasteiger partial charge in [-0.15, -0.1) is 0 Å². The van der Waals surface area contributed by atoms with Crippen LogP contribution in [0.2, 0.25) is 0 Å². The predicted octanol–water partition coefficient (Wildman–Crippen LogP) is 3.93. The number of carbonyl (C=O) groups excluding carboxylic acids is 1. The molecule has 0 heterocycles. The van der Waals surface area contributed by atoms with E-state index in [0.29, 0.717) is 5.69 Å². The molecule has 2 amide bonds. The summed E-state index contributed by atoms with van der Waals surface area (Å²) in [5.41, 5.74) is 0.630. The Labute approximate surface area is 134 Å². The van der Waals surface area contributed by atoms with E-state index in [1.54, 1.807) is 6.07 Å². The first-order valence-electron chi connectivity index (χ1n) is 6.05. The molecule has 0 saturated heterocycles. The number of hydrogen-bond acceptors (Lipinski definition) is 2. The summed E-state index contributed by atoms with van der Waals surface area (Å²) in [7, 11) is 0. The molecule has 0 aliphatic rings. The molecule has 0 atom stereocenters. The van der Waals surface area contributed by atoms with Crippen LogP contribution in [-0.4, -0.2) is 34.6 Å². The number of rotatable bonds is 5. The zero-order valence-electron chi connectivity index (χ0n) is 11.2. The van der Waals surface area contributed by atoms with Crippen molar-refractivity contribution in [2.75, 3.05) is 11.9 Å². The predicted molar refractivity (Wildman–Crippen MR) is 85.0 cm³/mol. The summed E-state index contributed by atoms with van der Waals surface area (Å²) in [6, 6.07) is 5.04. The largest absolute Gasteiger partial charge is 0.481 e. The number of amides is 2. The second-order valence-electron chi connectivity index (χ2n) is 4.49. The number of hydrogen-bond donors (Lipinski definition) is 2. The van der Waals surface area contributed by atoms with Gasteiger partial charge in [0, 0.05) is 21.5 Å². The van der Waals surface area contributed by atoms with Gasteiger partial charge < -0.3 is 15.3 Å². The fourth-order valence-corrected chi connectivity index (χ4v) is 2.30. The number of urea groups is 1. The van der Waals surface area contributed by atoms with Crippen molar-refractivity contribution in [1.82, 2.24) is 4.90 Å². The van der Waals surface area contributed by atoms with E-state index in [0.717, 1.165) is 8.95 Å². The third-order valence-electron chi connectivity index (χ3n) is 2.62. The number of halogens is 2. The molecule has 0 saturated carbocycles. The fraction of sp³-hybridized carbons (Fsp3) is 0.385. The van der Waals surface area contributed by atoms with Gasteiger partial charge in [0.05, 0.1) is 12.1 Å². The zero-order chi connectivity index (χ0) is 15.3. The zero-order valence-corrected chi connectivity index (χ0v) is 14.4. The van der Waals surface area contributed by atoms with Crippen LogP contribution in [0.4, 0.5) is 10.5 Å². The SMILES string of the molecule is CC(C)N(CCC(=O)O)C(=O)Nc1cc(Br)ccc1Br. The smallest absolute Gasteiger partial charge is 0.322 e. The summed E-state index contributed by atoms with van der Waals surface area (Å²) < 4.78 is 1.61. The summed E-state index contributed by atoms with van der Waals surface area (Å²) in [4.78, 5) is 24.3. The Balaban J connectivity index is 2.80. The van der Waals surface area contributed by atoms with Crippen LogP contribution in [0.5, 0.6) is 0 Å². The third-order valence-corrected chi connectivity index (χ3v) is 3.81. The van der Waals surface area contributed by atoms with Crippen LogP contribution in [-0.2, 0) is 4.79 Å². The Morgan fingerprint density at radius 2 is 2.00 bits per heavy atom. The number of benzene rings is 1. The van der Waals surface area contributed by atoms with E-state index < -0.39 is 5.97 Å². The highest BCUT2D eigenvalue weighted by Crippen LogP contribution is 2.26. The van der Waals surface area contributed by atoms with Crippen molar-refractivity contribution in [3.05, 3.63) is 27.1 Å². The molecule has 0 unspecified atom stereocenters. The second kappa shape index (κ2) is 7.64. The summed E-state index contributed by atoms with van der Waals surface area (Å²) in [5.74, 6) is -0.924. The van der Waals surface area contributed by atoms with Crippen molar-refractivity contribution in [2.24, 2.45) is 0 Å². The van der Waals surface area contributed by atoms with Crippen LogP contribution >= 0.6 is 31.9 Å². The third kappa shape index (κ3) is 5.13. The fourth-order valence-electron chi connectivity index (χ4n) is 1.59. The first-order chi connectivity index (χ1) is 9.31. The molecule has 0 aromatic heterocycles. The van der Waals surface area contributed by atoms with Gasteiger partial charge in [0.2, 0.25) is 0 Å². The monoisotopic (exact) mass is 406 g/mol. The molecule has 2 N–H and O–H groups in total. The van der Waals surface area contributed by atoms with E-state index >= 15 is 0 Å². The van der Waals surface area contributed by atoms with E-state index in [-0.39, 0.29) is 25.0 Å². The minimum Gasteiger partial charge on any atom is -0.481 e. The number of carboxylic acid groups (broad SMARTS) is 1. The minimum atomic E-state index is -0.924. The van der Waals surface area contributed by atoms with Gasteiger partial charge in [0.1, 0.15) is 0 Å². The number of nitrogens with zero attached hydrogens (tertiary/aromatic N) is 1. The Morgan fingerprint density at radius 1 is 1.35 bits per heavy atom. The Kier molecular flexibility index (Phi) is 6.48. The first-order valence-corrected chi connectivity index (χ1v) is 7.64. The van der Waals surface area contributed by atoms with Crippen LogP contribution in [0, 0.1) is 0 Å². The number of carbonyl (C=O) groups is 2. The summed E-state index contributed by atoms with van der Waals surface area (Å²) in [5, 5.41) is 11.5. The first kappa shape index (κ1) is 17.0. The van der Waals surface area contributed by atoms with Crippen molar-refractivity contribution in [3.63, 3.8) is 0 Å². The Bertz CT molecular complexity index is 506. The molecule has 1 aromatic rings. The topological polar surface area (TPSA) is 69.6 Å². The van der Waals surface area contributed by atoms with Gasteiger partial charge >= 0.3 is 12.0 Å². The van der Waals surface area contributed by atoms with E-state index in [9.17, 15) is 9.59 Å². The lowest BCUT2D eigenvalue weighted by atomic mass is 10.3. The Hall–Kier alpha value is -1.08. The number of aliphatic carboxylic acids is 1. The second-order valence-corrected chi connectivity index (χ2v) is 6.26. The van der Waals surface area contributed by atoms with Crippen LogP contribution in [0.3, 0.4) is 0 Å². The van der Waals surface area contributed by atoms with Gasteiger partial charge in [-0.2, -0.15) is 0 Å². The number of nitrogens with one attached hydrogen (secondary N) is 1. The lowest BCUT2D eigenvalue weighted by Crippen LogP contribution is -2.41. The van der Waals surface area contributed by atoms with Gasteiger partial charge in [-0.25, -0.2) is 4.79 Å². The molecule has 0 spiro atoms. The average molecular weight is 408 g/mol. The number of anilines is 1. The summed E-state index contributed by atoms with van der Waals surface area (Å²) >= 11 is 6.70. The summed E-state index contributed by atoms with van der Waals surface area (Å²) in [6.45, 7) is 3.86. The van der Waals surface area contributed by atoms with Gasteiger partial charge in [-0.05, 0) is 48.0 Å². The molecule has 1 rings (SSSR count). The van der Waals surface area contributed by atoms with E-state index in [4.69, 9.17) is 5.11 Å². The molecule has 0 fully saturated rings. The minimum absolute atomic E-state index is 0.0781. The van der Waals surface area contributed by atoms with Crippen molar-refractivity contribution in [1.29, 1.82) is 0 Å². The van der Waals surface area contributed by atoms with E-state index in [2.05, 4.69) is 37.2 Å². The van der Waals surface area contributed by atoms with E-state index in [1.165, 1.54) is 4.90 Å². The number of carboxylic acids is 1. The maximum atomic E-state index is 12.2. The molecule has 0 aliphatic heterocycles. The van der Waals surface area contributed by atoms with Crippen LogP contribution < -0.4 is 5.32 Å². The highest BCUT2D eigenvalue weighted by atomic mass is 79.9. The van der Waals surface area contributed by atoms with Crippen LogP contribution in [0.25, 0.3) is 0 Å². The van der Waals surface area contributed by atoms with Crippen molar-refractivity contribution in [2.45, 2.75) is 26.3 Å². The van der Waals surface area contributed by atoms with Gasteiger partial charge in [0.15, 0.2) is 0 Å². The van der Waals surface area contributed by atoms with Gasteiger partial charge in [-0.1, -0.05) is 15.9 Å². The molecule has 1 aromatic carbocycles. The maximum Gasteiger partial charge on any atom is 0.322 e. The Morgan fingerprint density at radius 3 is 2.55 bits per heavy atom. The molecule has 7 heteroatoms. The van der Waals surface area contributed by atoms with Crippen molar-refractivity contribution < 1.29 is 14.7 Å². The maximum absolute atomic E-state index is 12.2. The van der Waals surface area contributed by atoms with Gasteiger partial charge in [-0.3, -0.25) is 4.79 Å². The molecule has 110 valence electrons. The lowest BCUT2D eigenvalue weighted by molar-refractivity contribution is -0.137. The normalized spacial score (nSPS) is 10.4. The highest BCUT2D eigenvalue weighted by Gasteiger charge is 2.18. The highest BCUT2D eigenvalue weighted by molar-refractivity contribution is 9.11. The van der Waals surface area contributed by atoms with Crippen LogP contribution in [0.1, 0.15) is 20.3 Å². The average Bonchev–Trinajstić information content (AvgIpc) is 2.33. The molecule has 0 aliphatic carbocycles. The lowest BCUT2D eigenvalue weighted by Gasteiger charge is -2.26. The molecule has 0 bridgehead atoms.